The summed E-state index contributed by atoms with van der Waals surface area (Å²) >= 11 is 7.45. The Balaban J connectivity index is 1.60. The highest BCUT2D eigenvalue weighted by Gasteiger charge is 2.39. The number of rotatable bonds is 6. The highest BCUT2D eigenvalue weighted by molar-refractivity contribution is 7.13. The summed E-state index contributed by atoms with van der Waals surface area (Å²) in [6.45, 7) is 5.97. The van der Waals surface area contributed by atoms with Crippen molar-refractivity contribution in [1.82, 2.24) is 15.6 Å². The molecule has 3 atom stereocenters. The minimum absolute atomic E-state index is 0.0820. The first-order chi connectivity index (χ1) is 13.4. The topological polar surface area (TPSA) is 75.6 Å². The smallest absolute Gasteiger partial charge is 0.350 e. The van der Waals surface area contributed by atoms with Crippen LogP contribution < -0.4 is 10.6 Å². The van der Waals surface area contributed by atoms with Crippen molar-refractivity contribution in [2.24, 2.45) is 4.99 Å². The number of ether oxygens (including phenoxy) is 1. The molecule has 0 spiro atoms. The molecule has 0 aliphatic heterocycles. The monoisotopic (exact) mass is 420 g/mol. The van der Waals surface area contributed by atoms with Gasteiger partial charge in [0.2, 0.25) is 0 Å². The number of guanidine groups is 1. The Labute approximate surface area is 174 Å². The van der Waals surface area contributed by atoms with Gasteiger partial charge in [0.25, 0.3) is 0 Å². The van der Waals surface area contributed by atoms with Crippen LogP contribution in [-0.2, 0) is 4.74 Å². The third kappa shape index (κ3) is 4.83. The fraction of sp³-hybridized carbons (Fsp3) is 0.450. The van der Waals surface area contributed by atoms with E-state index in [1.54, 1.807) is 14.0 Å². The molecule has 1 aromatic carbocycles. The summed E-state index contributed by atoms with van der Waals surface area (Å²) in [5.41, 5.74) is 1.93. The van der Waals surface area contributed by atoms with E-state index in [1.807, 2.05) is 32.0 Å². The predicted octanol–water partition coefficient (Wildman–Crippen LogP) is 4.06. The summed E-state index contributed by atoms with van der Waals surface area (Å²) in [4.78, 5) is 21.4. The van der Waals surface area contributed by atoms with Gasteiger partial charge < -0.3 is 15.4 Å². The van der Waals surface area contributed by atoms with Crippen molar-refractivity contribution in [3.63, 3.8) is 0 Å². The van der Waals surface area contributed by atoms with E-state index in [-0.39, 0.29) is 12.0 Å². The number of aromatic nitrogens is 1. The maximum absolute atomic E-state index is 12.0. The number of carbonyl (C=O) groups excluding carboxylic acids is 1. The number of nitrogens with one attached hydrogen (secondary N) is 2. The summed E-state index contributed by atoms with van der Waals surface area (Å²) in [5, 5.41) is 8.40. The molecule has 6 nitrogen and oxygen atoms in total. The van der Waals surface area contributed by atoms with Crippen LogP contribution >= 0.6 is 22.9 Å². The lowest BCUT2D eigenvalue weighted by Crippen LogP contribution is -2.40. The average molecular weight is 421 g/mol. The molecule has 3 unspecified atom stereocenters. The molecule has 1 aliphatic carbocycles. The SMILES string of the molecule is CCOC(=O)c1sc(C(C)NC(=NC)NC2CC2c2cccc(Cl)c2)nc1C. The second kappa shape index (κ2) is 8.92. The molecule has 1 aliphatic rings. The van der Waals surface area contributed by atoms with E-state index in [4.69, 9.17) is 16.3 Å². The summed E-state index contributed by atoms with van der Waals surface area (Å²) in [6.07, 6.45) is 1.04. The number of hydrogen-bond donors (Lipinski definition) is 2. The number of aryl methyl sites for hydroxylation is 1. The molecule has 1 heterocycles. The Kier molecular flexibility index (Phi) is 6.57. The van der Waals surface area contributed by atoms with Gasteiger partial charge in [-0.2, -0.15) is 0 Å². The molecule has 2 aromatic rings. The molecule has 0 amide bonds. The maximum Gasteiger partial charge on any atom is 0.350 e. The number of aliphatic imine (C=N–C) groups is 1. The minimum atomic E-state index is -0.319. The van der Waals surface area contributed by atoms with E-state index in [9.17, 15) is 4.79 Å². The molecule has 2 N–H and O–H groups in total. The Morgan fingerprint density at radius 3 is 2.96 bits per heavy atom. The van der Waals surface area contributed by atoms with Crippen LogP contribution in [0.2, 0.25) is 5.02 Å². The first kappa shape index (κ1) is 20.6. The Morgan fingerprint density at radius 2 is 2.29 bits per heavy atom. The molecule has 0 bridgehead atoms. The van der Waals surface area contributed by atoms with E-state index in [0.29, 0.717) is 35.1 Å². The van der Waals surface area contributed by atoms with Crippen molar-refractivity contribution in [2.45, 2.75) is 45.2 Å². The third-order valence-corrected chi connectivity index (χ3v) is 6.17. The largest absolute Gasteiger partial charge is 0.462 e. The first-order valence-corrected chi connectivity index (χ1v) is 10.5. The van der Waals surface area contributed by atoms with Gasteiger partial charge in [-0.1, -0.05) is 23.7 Å². The van der Waals surface area contributed by atoms with Crippen molar-refractivity contribution < 1.29 is 9.53 Å². The second-order valence-electron chi connectivity index (χ2n) is 6.77. The molecule has 8 heteroatoms. The first-order valence-electron chi connectivity index (χ1n) is 9.32. The van der Waals surface area contributed by atoms with Gasteiger partial charge >= 0.3 is 5.97 Å². The van der Waals surface area contributed by atoms with Crippen LogP contribution in [0.4, 0.5) is 0 Å². The van der Waals surface area contributed by atoms with Gasteiger partial charge in [-0.15, -0.1) is 11.3 Å². The van der Waals surface area contributed by atoms with Gasteiger partial charge in [-0.25, -0.2) is 9.78 Å². The Morgan fingerprint density at radius 1 is 1.50 bits per heavy atom. The third-order valence-electron chi connectivity index (χ3n) is 4.61. The highest BCUT2D eigenvalue weighted by atomic mass is 35.5. The standard InChI is InChI=1S/C20H25ClN4O2S/c1-5-27-19(26)17-11(2)23-18(28-17)12(3)24-20(22-4)25-16-10-15(16)13-7-6-8-14(21)9-13/h6-9,12,15-16H,5,10H2,1-4H3,(H2,22,24,25). The molecular formula is C20H25ClN4O2S. The summed E-state index contributed by atoms with van der Waals surface area (Å²) < 4.78 is 5.09. The highest BCUT2D eigenvalue weighted by Crippen LogP contribution is 2.41. The van der Waals surface area contributed by atoms with Crippen LogP contribution in [0, 0.1) is 6.92 Å². The van der Waals surface area contributed by atoms with Crippen molar-refractivity contribution >= 4 is 34.9 Å². The second-order valence-corrected chi connectivity index (χ2v) is 8.24. The predicted molar refractivity (Wildman–Crippen MR) is 113 cm³/mol. The van der Waals surface area contributed by atoms with Crippen LogP contribution in [0.3, 0.4) is 0 Å². The quantitative estimate of drug-likeness (QED) is 0.418. The number of halogens is 1. The maximum atomic E-state index is 12.0. The summed E-state index contributed by atoms with van der Waals surface area (Å²) in [5.74, 6) is 0.832. The van der Waals surface area contributed by atoms with Gasteiger partial charge in [0.05, 0.1) is 18.3 Å². The Hall–Kier alpha value is -2.12. The molecule has 0 radical (unpaired) electrons. The number of nitrogens with zero attached hydrogens (tertiary/aromatic N) is 2. The van der Waals surface area contributed by atoms with Crippen molar-refractivity contribution in [1.29, 1.82) is 0 Å². The van der Waals surface area contributed by atoms with E-state index in [0.717, 1.165) is 16.5 Å². The van der Waals surface area contributed by atoms with Crippen LogP contribution in [0.1, 0.15) is 58.2 Å². The van der Waals surface area contributed by atoms with E-state index in [1.165, 1.54) is 16.9 Å². The lowest BCUT2D eigenvalue weighted by molar-refractivity contribution is 0.0531. The Bertz CT molecular complexity index is 883. The molecule has 1 fully saturated rings. The van der Waals surface area contributed by atoms with Crippen LogP contribution in [0.15, 0.2) is 29.3 Å². The molecular weight excluding hydrogens is 396 g/mol. The fourth-order valence-electron chi connectivity index (χ4n) is 3.06. The average Bonchev–Trinajstić information content (AvgIpc) is 3.32. The zero-order chi connectivity index (χ0) is 20.3. The van der Waals surface area contributed by atoms with Crippen molar-refractivity contribution in [3.8, 4) is 0 Å². The van der Waals surface area contributed by atoms with Gasteiger partial charge in [-0.05, 0) is 44.9 Å². The van der Waals surface area contributed by atoms with Gasteiger partial charge in [0, 0.05) is 24.0 Å². The van der Waals surface area contributed by atoms with Gasteiger partial charge in [0.1, 0.15) is 9.88 Å². The number of benzene rings is 1. The minimum Gasteiger partial charge on any atom is -0.462 e. The van der Waals surface area contributed by atoms with E-state index < -0.39 is 0 Å². The number of esters is 1. The molecule has 1 saturated carbocycles. The van der Waals surface area contributed by atoms with Crippen molar-refractivity contribution in [2.75, 3.05) is 13.7 Å². The zero-order valence-electron chi connectivity index (χ0n) is 16.5. The molecule has 0 saturated heterocycles. The lowest BCUT2D eigenvalue weighted by atomic mass is 10.1. The number of carbonyl (C=O) groups is 1. The normalized spacial score (nSPS) is 19.8. The number of hydrogen-bond acceptors (Lipinski definition) is 5. The van der Waals surface area contributed by atoms with E-state index >= 15 is 0 Å². The zero-order valence-corrected chi connectivity index (χ0v) is 18.0. The molecule has 150 valence electrons. The van der Waals surface area contributed by atoms with Crippen molar-refractivity contribution in [3.05, 3.63) is 50.4 Å². The molecule has 28 heavy (non-hydrogen) atoms. The van der Waals surface area contributed by atoms with Crippen LogP contribution in [0.5, 0.6) is 0 Å². The summed E-state index contributed by atoms with van der Waals surface area (Å²) in [6, 6.07) is 8.23. The van der Waals surface area contributed by atoms with Crippen LogP contribution in [0.25, 0.3) is 0 Å². The molecule has 3 rings (SSSR count). The molecule has 1 aromatic heterocycles. The lowest BCUT2D eigenvalue weighted by Gasteiger charge is -2.16. The number of thiazole rings is 1. The van der Waals surface area contributed by atoms with E-state index in [2.05, 4.69) is 26.7 Å². The van der Waals surface area contributed by atoms with Gasteiger partial charge in [0.15, 0.2) is 5.96 Å². The van der Waals surface area contributed by atoms with Crippen LogP contribution in [-0.4, -0.2) is 36.6 Å². The summed E-state index contributed by atoms with van der Waals surface area (Å²) in [7, 11) is 1.75. The van der Waals surface area contributed by atoms with Gasteiger partial charge in [-0.3, -0.25) is 4.99 Å². The fourth-order valence-corrected chi connectivity index (χ4v) is 4.22.